The number of carbonyl (C=O) groups is 1. The number of nitrogens with one attached hydrogen (secondary N) is 1. The fourth-order valence-electron chi connectivity index (χ4n) is 2.72. The summed E-state index contributed by atoms with van der Waals surface area (Å²) in [7, 11) is -3.91. The van der Waals surface area contributed by atoms with Gasteiger partial charge in [0, 0.05) is 11.6 Å². The third-order valence-corrected chi connectivity index (χ3v) is 6.38. The molecule has 0 aliphatic heterocycles. The van der Waals surface area contributed by atoms with Crippen LogP contribution >= 0.6 is 11.6 Å². The minimum absolute atomic E-state index is 0.141. The summed E-state index contributed by atoms with van der Waals surface area (Å²) >= 11 is 6.03. The van der Waals surface area contributed by atoms with Crippen molar-refractivity contribution in [1.82, 2.24) is 5.32 Å². The van der Waals surface area contributed by atoms with Crippen molar-refractivity contribution >= 4 is 33.2 Å². The van der Waals surface area contributed by atoms with Gasteiger partial charge in [0.2, 0.25) is 5.91 Å². The molecule has 28 heavy (non-hydrogen) atoms. The minimum atomic E-state index is -3.91. The summed E-state index contributed by atoms with van der Waals surface area (Å²) < 4.78 is 27.8. The molecule has 0 bridgehead atoms. The lowest BCUT2D eigenvalue weighted by Crippen LogP contribution is -2.41. The molecule has 7 heteroatoms. The third kappa shape index (κ3) is 5.72. The van der Waals surface area contributed by atoms with Crippen LogP contribution in [0.1, 0.15) is 31.4 Å². The smallest absolute Gasteiger partial charge is 0.264 e. The molecule has 0 saturated heterocycles. The van der Waals surface area contributed by atoms with Crippen LogP contribution in [0.2, 0.25) is 5.02 Å². The van der Waals surface area contributed by atoms with Gasteiger partial charge in [-0.2, -0.15) is 0 Å². The SMILES string of the molecule is Cc1ccc(S(=O)(=O)N(CC(=O)NCCC(C)C)c2ccc(Cl)cc2C)cc1. The lowest BCUT2D eigenvalue weighted by atomic mass is 10.1. The molecule has 0 aliphatic carbocycles. The monoisotopic (exact) mass is 422 g/mol. The number of halogens is 1. The number of carbonyl (C=O) groups excluding carboxylic acids is 1. The van der Waals surface area contributed by atoms with Gasteiger partial charge in [0.1, 0.15) is 6.54 Å². The average molecular weight is 423 g/mol. The number of benzene rings is 2. The maximum atomic E-state index is 13.3. The van der Waals surface area contributed by atoms with Crippen molar-refractivity contribution < 1.29 is 13.2 Å². The van der Waals surface area contributed by atoms with Crippen molar-refractivity contribution in [3.8, 4) is 0 Å². The summed E-state index contributed by atoms with van der Waals surface area (Å²) in [6.45, 7) is 8.01. The average Bonchev–Trinajstić information content (AvgIpc) is 2.60. The van der Waals surface area contributed by atoms with Gasteiger partial charge in [-0.1, -0.05) is 43.1 Å². The molecule has 0 radical (unpaired) electrons. The van der Waals surface area contributed by atoms with E-state index in [0.717, 1.165) is 16.3 Å². The number of rotatable bonds is 8. The molecule has 2 rings (SSSR count). The van der Waals surface area contributed by atoms with E-state index in [0.29, 0.717) is 28.7 Å². The number of anilines is 1. The van der Waals surface area contributed by atoms with Gasteiger partial charge < -0.3 is 5.32 Å². The molecule has 0 heterocycles. The van der Waals surface area contributed by atoms with Gasteiger partial charge in [0.15, 0.2) is 0 Å². The molecule has 2 aromatic carbocycles. The highest BCUT2D eigenvalue weighted by atomic mass is 35.5. The zero-order chi connectivity index (χ0) is 20.9. The fraction of sp³-hybridized carbons (Fsp3) is 0.381. The first-order chi connectivity index (χ1) is 13.1. The number of hydrogen-bond donors (Lipinski definition) is 1. The Morgan fingerprint density at radius 2 is 1.75 bits per heavy atom. The van der Waals surface area contributed by atoms with Crippen molar-refractivity contribution in [2.24, 2.45) is 5.92 Å². The first-order valence-electron chi connectivity index (χ1n) is 9.23. The molecule has 1 amide bonds. The van der Waals surface area contributed by atoms with E-state index in [1.807, 2.05) is 6.92 Å². The van der Waals surface area contributed by atoms with E-state index >= 15 is 0 Å². The Kier molecular flexibility index (Phi) is 7.49. The lowest BCUT2D eigenvalue weighted by Gasteiger charge is -2.26. The van der Waals surface area contributed by atoms with E-state index in [4.69, 9.17) is 11.6 Å². The number of aryl methyl sites for hydroxylation is 2. The zero-order valence-corrected chi connectivity index (χ0v) is 18.3. The number of amides is 1. The van der Waals surface area contributed by atoms with Crippen LogP contribution in [-0.4, -0.2) is 27.4 Å². The quantitative estimate of drug-likeness (QED) is 0.689. The van der Waals surface area contributed by atoms with Gasteiger partial charge in [-0.3, -0.25) is 9.10 Å². The van der Waals surface area contributed by atoms with Gasteiger partial charge in [-0.15, -0.1) is 0 Å². The highest BCUT2D eigenvalue weighted by molar-refractivity contribution is 7.92. The predicted octanol–water partition coefficient (Wildman–Crippen LogP) is 4.31. The topological polar surface area (TPSA) is 66.5 Å². The van der Waals surface area contributed by atoms with Crippen LogP contribution in [0.25, 0.3) is 0 Å². The van der Waals surface area contributed by atoms with Crippen LogP contribution in [0.5, 0.6) is 0 Å². The van der Waals surface area contributed by atoms with Crippen LogP contribution in [0.15, 0.2) is 47.4 Å². The second kappa shape index (κ2) is 9.43. The summed E-state index contributed by atoms with van der Waals surface area (Å²) in [4.78, 5) is 12.6. The van der Waals surface area contributed by atoms with E-state index in [2.05, 4.69) is 19.2 Å². The van der Waals surface area contributed by atoms with E-state index in [9.17, 15) is 13.2 Å². The van der Waals surface area contributed by atoms with Crippen LogP contribution in [0.3, 0.4) is 0 Å². The third-order valence-electron chi connectivity index (χ3n) is 4.37. The Morgan fingerprint density at radius 3 is 2.32 bits per heavy atom. The van der Waals surface area contributed by atoms with Crippen molar-refractivity contribution in [1.29, 1.82) is 0 Å². The maximum absolute atomic E-state index is 13.3. The summed E-state index contributed by atoms with van der Waals surface area (Å²) in [5, 5.41) is 3.32. The van der Waals surface area contributed by atoms with Gasteiger partial charge >= 0.3 is 0 Å². The second-order valence-corrected chi connectivity index (χ2v) is 9.59. The maximum Gasteiger partial charge on any atom is 0.264 e. The van der Waals surface area contributed by atoms with Crippen LogP contribution < -0.4 is 9.62 Å². The van der Waals surface area contributed by atoms with E-state index in [1.165, 1.54) is 0 Å². The predicted molar refractivity (Wildman–Crippen MR) is 114 cm³/mol. The van der Waals surface area contributed by atoms with Crippen LogP contribution in [0, 0.1) is 19.8 Å². The highest BCUT2D eigenvalue weighted by Gasteiger charge is 2.28. The van der Waals surface area contributed by atoms with Crippen LogP contribution in [-0.2, 0) is 14.8 Å². The molecule has 2 aromatic rings. The van der Waals surface area contributed by atoms with Crippen molar-refractivity contribution in [3.05, 3.63) is 58.6 Å². The minimum Gasteiger partial charge on any atom is -0.355 e. The van der Waals surface area contributed by atoms with Crippen LogP contribution in [0.4, 0.5) is 5.69 Å². The van der Waals surface area contributed by atoms with E-state index in [-0.39, 0.29) is 17.3 Å². The normalized spacial score (nSPS) is 11.5. The molecule has 5 nitrogen and oxygen atoms in total. The molecule has 152 valence electrons. The number of sulfonamides is 1. The van der Waals surface area contributed by atoms with Crippen molar-refractivity contribution in [2.45, 2.75) is 39.0 Å². The highest BCUT2D eigenvalue weighted by Crippen LogP contribution is 2.28. The summed E-state index contributed by atoms with van der Waals surface area (Å²) in [5.74, 6) is 0.108. The van der Waals surface area contributed by atoms with Crippen molar-refractivity contribution in [2.75, 3.05) is 17.4 Å². The van der Waals surface area contributed by atoms with Gasteiger partial charge in [-0.25, -0.2) is 8.42 Å². The molecule has 0 spiro atoms. The Morgan fingerprint density at radius 1 is 1.11 bits per heavy atom. The van der Waals surface area contributed by atoms with Gasteiger partial charge in [0.05, 0.1) is 10.6 Å². The molecule has 1 N–H and O–H groups in total. The molecule has 0 fully saturated rings. The Balaban J connectivity index is 2.38. The van der Waals surface area contributed by atoms with Gasteiger partial charge in [0.25, 0.3) is 10.0 Å². The first-order valence-corrected chi connectivity index (χ1v) is 11.1. The summed E-state index contributed by atoms with van der Waals surface area (Å²) in [6, 6.07) is 11.5. The fourth-order valence-corrected chi connectivity index (χ4v) is 4.43. The summed E-state index contributed by atoms with van der Waals surface area (Å²) in [5.41, 5.74) is 2.07. The molecule has 0 atom stereocenters. The largest absolute Gasteiger partial charge is 0.355 e. The second-order valence-electron chi connectivity index (χ2n) is 7.29. The van der Waals surface area contributed by atoms with E-state index in [1.54, 1.807) is 49.4 Å². The van der Waals surface area contributed by atoms with E-state index < -0.39 is 10.0 Å². The molecular formula is C21H27ClN2O3S. The van der Waals surface area contributed by atoms with Gasteiger partial charge in [-0.05, 0) is 62.1 Å². The van der Waals surface area contributed by atoms with Crippen molar-refractivity contribution in [3.63, 3.8) is 0 Å². The Labute approximate surface area is 172 Å². The first kappa shape index (κ1) is 22.2. The molecule has 0 aromatic heterocycles. The Hall–Kier alpha value is -2.05. The zero-order valence-electron chi connectivity index (χ0n) is 16.7. The molecule has 0 aliphatic rings. The lowest BCUT2D eigenvalue weighted by molar-refractivity contribution is -0.119. The standard InChI is InChI=1S/C21H27ClN2O3S/c1-15(2)11-12-23-21(25)14-24(20-10-7-18(22)13-17(20)4)28(26,27)19-8-5-16(3)6-9-19/h5-10,13,15H,11-12,14H2,1-4H3,(H,23,25). The molecule has 0 unspecified atom stereocenters. The number of nitrogens with zero attached hydrogens (tertiary/aromatic N) is 1. The summed E-state index contributed by atoms with van der Waals surface area (Å²) in [6.07, 6.45) is 0.830. The molecular weight excluding hydrogens is 396 g/mol. The Bertz CT molecular complexity index is 925. The number of hydrogen-bond acceptors (Lipinski definition) is 3. The molecule has 0 saturated carbocycles.